The number of nitrogens with two attached hydrogens (primary N) is 1. The zero-order chi connectivity index (χ0) is 13.2. The Bertz CT molecular complexity index is 573. The first-order chi connectivity index (χ1) is 9.28. The van der Waals surface area contributed by atoms with Gasteiger partial charge in [-0.3, -0.25) is 0 Å². The van der Waals surface area contributed by atoms with Crippen LogP contribution in [0.25, 0.3) is 10.8 Å². The van der Waals surface area contributed by atoms with Crippen LogP contribution < -0.4 is 16.0 Å². The van der Waals surface area contributed by atoms with E-state index in [0.717, 1.165) is 37.4 Å². The maximum atomic E-state index is 5.97. The summed E-state index contributed by atoms with van der Waals surface area (Å²) in [5.41, 5.74) is 7.10. The van der Waals surface area contributed by atoms with Crippen molar-refractivity contribution < 1.29 is 0 Å². The normalized spacial score (nSPS) is 16.8. The van der Waals surface area contributed by atoms with E-state index in [2.05, 4.69) is 39.5 Å². The highest BCUT2D eigenvalue weighted by atomic mass is 15.2. The number of pyridine rings is 1. The van der Waals surface area contributed by atoms with Crippen molar-refractivity contribution in [2.45, 2.75) is 18.9 Å². The molecule has 0 spiro atoms. The van der Waals surface area contributed by atoms with Crippen LogP contribution >= 0.6 is 0 Å². The van der Waals surface area contributed by atoms with E-state index in [1.807, 2.05) is 13.2 Å². The Balaban J connectivity index is 1.99. The van der Waals surface area contributed by atoms with Gasteiger partial charge in [-0.25, -0.2) is 4.98 Å². The van der Waals surface area contributed by atoms with Crippen molar-refractivity contribution in [1.29, 1.82) is 0 Å². The van der Waals surface area contributed by atoms with E-state index in [-0.39, 0.29) is 0 Å². The van der Waals surface area contributed by atoms with Crippen molar-refractivity contribution in [2.75, 3.05) is 30.4 Å². The van der Waals surface area contributed by atoms with Crippen molar-refractivity contribution in [2.24, 2.45) is 5.73 Å². The number of hydrogen-bond acceptors (Lipinski definition) is 4. The van der Waals surface area contributed by atoms with Gasteiger partial charge >= 0.3 is 0 Å². The number of anilines is 2. The molecular formula is C15H20N4. The molecule has 3 rings (SSSR count). The maximum absolute atomic E-state index is 5.97. The molecule has 1 aromatic carbocycles. The van der Waals surface area contributed by atoms with Gasteiger partial charge in [-0.1, -0.05) is 0 Å². The fourth-order valence-corrected chi connectivity index (χ4v) is 2.68. The molecule has 4 heteroatoms. The third-order valence-corrected chi connectivity index (χ3v) is 3.87. The topological polar surface area (TPSA) is 54.2 Å². The summed E-state index contributed by atoms with van der Waals surface area (Å²) in [7, 11) is 1.94. The Morgan fingerprint density at radius 3 is 2.79 bits per heavy atom. The predicted octanol–water partition coefficient (Wildman–Crippen LogP) is 2.20. The number of nitrogens with one attached hydrogen (secondary N) is 1. The van der Waals surface area contributed by atoms with Crippen LogP contribution in [0.15, 0.2) is 30.5 Å². The Hall–Kier alpha value is -1.81. The van der Waals surface area contributed by atoms with E-state index in [1.165, 1.54) is 10.8 Å². The van der Waals surface area contributed by atoms with E-state index in [9.17, 15) is 0 Å². The number of benzene rings is 1. The minimum Gasteiger partial charge on any atom is -0.388 e. The smallest absolute Gasteiger partial charge is 0.136 e. The van der Waals surface area contributed by atoms with Crippen LogP contribution in [0.4, 0.5) is 11.5 Å². The molecule has 1 aliphatic heterocycles. The van der Waals surface area contributed by atoms with Crippen LogP contribution in [0, 0.1) is 0 Å². The lowest BCUT2D eigenvalue weighted by molar-refractivity contribution is 0.499. The molecule has 2 aromatic rings. The van der Waals surface area contributed by atoms with E-state index >= 15 is 0 Å². The highest BCUT2D eigenvalue weighted by molar-refractivity contribution is 5.94. The average molecular weight is 256 g/mol. The fourth-order valence-electron chi connectivity index (χ4n) is 2.68. The molecule has 0 saturated carbocycles. The number of nitrogens with zero attached hydrogens (tertiary/aromatic N) is 2. The molecule has 0 aliphatic carbocycles. The summed E-state index contributed by atoms with van der Waals surface area (Å²) in [6, 6.07) is 8.83. The molecule has 4 nitrogen and oxygen atoms in total. The van der Waals surface area contributed by atoms with Gasteiger partial charge in [0, 0.05) is 43.4 Å². The molecule has 0 amide bonds. The number of fused-ring (bicyclic) bond motifs is 1. The molecule has 19 heavy (non-hydrogen) atoms. The van der Waals surface area contributed by atoms with Crippen molar-refractivity contribution in [3.63, 3.8) is 0 Å². The van der Waals surface area contributed by atoms with E-state index in [0.29, 0.717) is 6.04 Å². The van der Waals surface area contributed by atoms with E-state index in [4.69, 9.17) is 5.73 Å². The summed E-state index contributed by atoms with van der Waals surface area (Å²) in [6.07, 6.45) is 3.99. The first kappa shape index (κ1) is 12.2. The third-order valence-electron chi connectivity index (χ3n) is 3.87. The molecular weight excluding hydrogens is 236 g/mol. The van der Waals surface area contributed by atoms with Crippen molar-refractivity contribution >= 4 is 22.3 Å². The summed E-state index contributed by atoms with van der Waals surface area (Å²) < 4.78 is 0. The zero-order valence-electron chi connectivity index (χ0n) is 11.3. The van der Waals surface area contributed by atoms with Gasteiger partial charge in [-0.2, -0.15) is 0 Å². The van der Waals surface area contributed by atoms with Gasteiger partial charge in [-0.15, -0.1) is 0 Å². The van der Waals surface area contributed by atoms with Gasteiger partial charge in [0.2, 0.25) is 0 Å². The molecule has 1 aromatic heterocycles. The lowest BCUT2D eigenvalue weighted by Crippen LogP contribution is -2.40. The average Bonchev–Trinajstić information content (AvgIpc) is 2.47. The van der Waals surface area contributed by atoms with Crippen LogP contribution in [0.1, 0.15) is 12.8 Å². The number of rotatable bonds is 2. The molecule has 1 saturated heterocycles. The largest absolute Gasteiger partial charge is 0.388 e. The fraction of sp³-hybridized carbons (Fsp3) is 0.400. The molecule has 0 radical (unpaired) electrons. The summed E-state index contributed by atoms with van der Waals surface area (Å²) in [5, 5.41) is 5.62. The summed E-state index contributed by atoms with van der Waals surface area (Å²) in [5.74, 6) is 1.09. The van der Waals surface area contributed by atoms with Crippen LogP contribution in [0.3, 0.4) is 0 Å². The SMILES string of the molecule is CNc1ccc2c(N3CCC(N)CC3)nccc2c1. The minimum atomic E-state index is 0.349. The monoisotopic (exact) mass is 256 g/mol. The zero-order valence-corrected chi connectivity index (χ0v) is 11.3. The molecule has 1 aliphatic rings. The first-order valence-corrected chi connectivity index (χ1v) is 6.85. The molecule has 1 fully saturated rings. The number of piperidine rings is 1. The standard InChI is InChI=1S/C15H20N4/c1-17-13-2-3-14-11(10-13)4-7-18-15(14)19-8-5-12(16)6-9-19/h2-4,7,10,12,17H,5-6,8-9,16H2,1H3. The van der Waals surface area contributed by atoms with Gasteiger partial charge in [-0.05, 0) is 42.5 Å². The summed E-state index contributed by atoms with van der Waals surface area (Å²) >= 11 is 0. The van der Waals surface area contributed by atoms with Crippen LogP contribution in [-0.2, 0) is 0 Å². The summed E-state index contributed by atoms with van der Waals surface area (Å²) in [4.78, 5) is 6.93. The second-order valence-corrected chi connectivity index (χ2v) is 5.14. The minimum absolute atomic E-state index is 0.349. The van der Waals surface area contributed by atoms with Gasteiger partial charge in [0.1, 0.15) is 5.82 Å². The number of aromatic nitrogens is 1. The molecule has 100 valence electrons. The Labute approximate surface area is 113 Å². The summed E-state index contributed by atoms with van der Waals surface area (Å²) in [6.45, 7) is 2.00. The second kappa shape index (κ2) is 5.05. The maximum Gasteiger partial charge on any atom is 0.136 e. The van der Waals surface area contributed by atoms with E-state index in [1.54, 1.807) is 0 Å². The van der Waals surface area contributed by atoms with Gasteiger partial charge in [0.05, 0.1) is 0 Å². The molecule has 2 heterocycles. The van der Waals surface area contributed by atoms with Gasteiger partial charge in [0.25, 0.3) is 0 Å². The molecule has 0 unspecified atom stereocenters. The van der Waals surface area contributed by atoms with Crippen LogP contribution in [0.2, 0.25) is 0 Å². The first-order valence-electron chi connectivity index (χ1n) is 6.85. The Kier molecular flexibility index (Phi) is 3.25. The van der Waals surface area contributed by atoms with Gasteiger partial charge < -0.3 is 16.0 Å². The Morgan fingerprint density at radius 1 is 1.26 bits per heavy atom. The number of hydrogen-bond donors (Lipinski definition) is 2. The van der Waals surface area contributed by atoms with Crippen molar-refractivity contribution in [1.82, 2.24) is 4.98 Å². The quantitative estimate of drug-likeness (QED) is 0.865. The van der Waals surface area contributed by atoms with Crippen LogP contribution in [0.5, 0.6) is 0 Å². The lowest BCUT2D eigenvalue weighted by Gasteiger charge is -2.31. The highest BCUT2D eigenvalue weighted by Crippen LogP contribution is 2.28. The second-order valence-electron chi connectivity index (χ2n) is 5.14. The molecule has 0 atom stereocenters. The van der Waals surface area contributed by atoms with E-state index < -0.39 is 0 Å². The van der Waals surface area contributed by atoms with Crippen LogP contribution in [-0.4, -0.2) is 31.2 Å². The highest BCUT2D eigenvalue weighted by Gasteiger charge is 2.18. The predicted molar refractivity (Wildman–Crippen MR) is 80.7 cm³/mol. The molecule has 3 N–H and O–H groups in total. The van der Waals surface area contributed by atoms with Gasteiger partial charge in [0.15, 0.2) is 0 Å². The molecule has 0 bridgehead atoms. The third kappa shape index (κ3) is 2.36. The van der Waals surface area contributed by atoms with Crippen molar-refractivity contribution in [3.05, 3.63) is 30.5 Å². The van der Waals surface area contributed by atoms with Crippen molar-refractivity contribution in [3.8, 4) is 0 Å². The lowest BCUT2D eigenvalue weighted by atomic mass is 10.0. The Morgan fingerprint density at radius 2 is 2.05 bits per heavy atom.